The highest BCUT2D eigenvalue weighted by Crippen LogP contribution is 2.38. The van der Waals surface area contributed by atoms with Crippen LogP contribution in [-0.2, 0) is 9.59 Å². The lowest BCUT2D eigenvalue weighted by Gasteiger charge is -2.28. The summed E-state index contributed by atoms with van der Waals surface area (Å²) in [6, 6.07) is 0. The molecule has 0 aliphatic heterocycles. The van der Waals surface area contributed by atoms with E-state index in [1.54, 1.807) is 0 Å². The van der Waals surface area contributed by atoms with Gasteiger partial charge in [-0.05, 0) is 12.8 Å². The number of aliphatic carboxylic acids is 1. The number of amides is 1. The van der Waals surface area contributed by atoms with Gasteiger partial charge in [-0.1, -0.05) is 39.5 Å². The Morgan fingerprint density at radius 3 is 2.15 bits per heavy atom. The van der Waals surface area contributed by atoms with Crippen molar-refractivity contribution >= 4 is 11.9 Å². The second-order valence-corrected chi connectivity index (χ2v) is 6.78. The summed E-state index contributed by atoms with van der Waals surface area (Å²) in [6.07, 6.45) is 5.06. The maximum atomic E-state index is 12.0. The molecule has 1 saturated carbocycles. The van der Waals surface area contributed by atoms with Gasteiger partial charge in [0.2, 0.25) is 5.91 Å². The maximum absolute atomic E-state index is 12.0. The largest absolute Gasteiger partial charge is 0.481 e. The molecule has 0 radical (unpaired) electrons. The van der Waals surface area contributed by atoms with Crippen LogP contribution in [-0.4, -0.2) is 35.2 Å². The van der Waals surface area contributed by atoms with Crippen LogP contribution in [0.5, 0.6) is 0 Å². The molecule has 0 spiro atoms. The third-order valence-electron chi connectivity index (χ3n) is 4.21. The van der Waals surface area contributed by atoms with Crippen LogP contribution in [0.4, 0.5) is 0 Å². The van der Waals surface area contributed by atoms with E-state index < -0.39 is 11.4 Å². The predicted molar refractivity (Wildman–Crippen MR) is 76.3 cm³/mol. The van der Waals surface area contributed by atoms with Crippen molar-refractivity contribution in [3.05, 3.63) is 0 Å². The Morgan fingerprint density at radius 1 is 1.15 bits per heavy atom. The molecule has 5 heteroatoms. The summed E-state index contributed by atoms with van der Waals surface area (Å²) in [4.78, 5) is 23.6. The maximum Gasteiger partial charge on any atom is 0.310 e. The Bertz CT molecular complexity index is 344. The molecule has 1 rings (SSSR count). The van der Waals surface area contributed by atoms with E-state index in [0.29, 0.717) is 19.4 Å². The first-order valence-corrected chi connectivity index (χ1v) is 7.42. The smallest absolute Gasteiger partial charge is 0.310 e. The molecular weight excluding hydrogens is 258 g/mol. The van der Waals surface area contributed by atoms with Gasteiger partial charge in [0.05, 0.1) is 5.41 Å². The van der Waals surface area contributed by atoms with Gasteiger partial charge in [-0.25, -0.2) is 0 Å². The molecule has 20 heavy (non-hydrogen) atoms. The highest BCUT2D eigenvalue weighted by atomic mass is 16.4. The van der Waals surface area contributed by atoms with Gasteiger partial charge in [-0.3, -0.25) is 9.59 Å². The monoisotopic (exact) mass is 285 g/mol. The van der Waals surface area contributed by atoms with Gasteiger partial charge in [0, 0.05) is 25.0 Å². The SMILES string of the molecule is CC(C)(CO)CNC(=O)CC1(C(=O)O)CCCCCC1. The standard InChI is InChI=1S/C15H27NO4/c1-14(2,11-17)10-16-12(18)9-15(13(19)20)7-5-3-4-6-8-15/h17H,3-11H2,1-2H3,(H,16,18)(H,19,20). The van der Waals surface area contributed by atoms with Crippen LogP contribution in [0.1, 0.15) is 58.8 Å². The van der Waals surface area contributed by atoms with Gasteiger partial charge >= 0.3 is 5.97 Å². The van der Waals surface area contributed by atoms with E-state index in [2.05, 4.69) is 5.32 Å². The number of carbonyl (C=O) groups is 2. The van der Waals surface area contributed by atoms with Crippen molar-refractivity contribution < 1.29 is 19.8 Å². The summed E-state index contributed by atoms with van der Waals surface area (Å²) in [6.45, 7) is 4.05. The number of hydrogen-bond donors (Lipinski definition) is 3. The number of rotatable bonds is 6. The van der Waals surface area contributed by atoms with Crippen LogP contribution in [0.3, 0.4) is 0 Å². The molecule has 0 saturated heterocycles. The number of carbonyl (C=O) groups excluding carboxylic acids is 1. The zero-order valence-corrected chi connectivity index (χ0v) is 12.6. The molecule has 3 N–H and O–H groups in total. The molecule has 0 atom stereocenters. The number of nitrogens with one attached hydrogen (secondary N) is 1. The van der Waals surface area contributed by atoms with Crippen molar-refractivity contribution in [3.63, 3.8) is 0 Å². The Kier molecular flexibility index (Phi) is 5.99. The van der Waals surface area contributed by atoms with Gasteiger partial charge in [0.15, 0.2) is 0 Å². The molecule has 1 aliphatic rings. The fourth-order valence-corrected chi connectivity index (χ4v) is 2.64. The Morgan fingerprint density at radius 2 is 1.70 bits per heavy atom. The van der Waals surface area contributed by atoms with E-state index in [-0.39, 0.29) is 24.3 Å². The zero-order chi connectivity index (χ0) is 15.2. The van der Waals surface area contributed by atoms with Crippen LogP contribution in [0, 0.1) is 10.8 Å². The second kappa shape index (κ2) is 7.07. The normalized spacial score (nSPS) is 19.1. The summed E-state index contributed by atoms with van der Waals surface area (Å²) in [7, 11) is 0. The summed E-state index contributed by atoms with van der Waals surface area (Å²) < 4.78 is 0. The third kappa shape index (κ3) is 4.78. The first-order valence-electron chi connectivity index (χ1n) is 7.42. The molecular formula is C15H27NO4. The van der Waals surface area contributed by atoms with Gasteiger partial charge in [-0.15, -0.1) is 0 Å². The van der Waals surface area contributed by atoms with E-state index in [0.717, 1.165) is 25.7 Å². The minimum atomic E-state index is -0.899. The van der Waals surface area contributed by atoms with Crippen molar-refractivity contribution in [1.82, 2.24) is 5.32 Å². The van der Waals surface area contributed by atoms with Crippen molar-refractivity contribution in [2.24, 2.45) is 10.8 Å². The molecule has 0 aromatic carbocycles. The van der Waals surface area contributed by atoms with Gasteiger partial charge in [0.25, 0.3) is 0 Å². The number of aliphatic hydroxyl groups is 1. The molecule has 1 amide bonds. The van der Waals surface area contributed by atoms with Crippen molar-refractivity contribution in [3.8, 4) is 0 Å². The second-order valence-electron chi connectivity index (χ2n) is 6.78. The predicted octanol–water partition coefficient (Wildman–Crippen LogP) is 1.94. The van der Waals surface area contributed by atoms with E-state index >= 15 is 0 Å². The van der Waals surface area contributed by atoms with Crippen LogP contribution >= 0.6 is 0 Å². The third-order valence-corrected chi connectivity index (χ3v) is 4.21. The highest BCUT2D eigenvalue weighted by molar-refractivity contribution is 5.85. The molecule has 0 aromatic heterocycles. The van der Waals surface area contributed by atoms with Crippen molar-refractivity contribution in [1.29, 1.82) is 0 Å². The Labute approximate surface area is 120 Å². The molecule has 116 valence electrons. The molecule has 1 aliphatic carbocycles. The summed E-state index contributed by atoms with van der Waals surface area (Å²) in [5, 5.41) is 21.4. The van der Waals surface area contributed by atoms with E-state index in [1.165, 1.54) is 0 Å². The number of hydrogen-bond acceptors (Lipinski definition) is 3. The minimum absolute atomic E-state index is 0.0165. The van der Waals surface area contributed by atoms with Crippen LogP contribution in [0.25, 0.3) is 0 Å². The number of carboxylic acids is 1. The number of aliphatic hydroxyl groups excluding tert-OH is 1. The van der Waals surface area contributed by atoms with Crippen LogP contribution in [0.15, 0.2) is 0 Å². The highest BCUT2D eigenvalue weighted by Gasteiger charge is 2.40. The first kappa shape index (κ1) is 17.0. The Hall–Kier alpha value is -1.10. The summed E-state index contributed by atoms with van der Waals surface area (Å²) in [5.74, 6) is -1.08. The molecule has 1 fully saturated rings. The van der Waals surface area contributed by atoms with Crippen LogP contribution < -0.4 is 5.32 Å². The average molecular weight is 285 g/mol. The molecule has 5 nitrogen and oxygen atoms in total. The first-order chi connectivity index (χ1) is 9.31. The molecule has 0 bridgehead atoms. The summed E-state index contributed by atoms with van der Waals surface area (Å²) in [5.41, 5.74) is -1.28. The number of carboxylic acid groups (broad SMARTS) is 1. The fourth-order valence-electron chi connectivity index (χ4n) is 2.64. The van der Waals surface area contributed by atoms with Gasteiger partial charge in [0.1, 0.15) is 0 Å². The molecule has 0 heterocycles. The Balaban J connectivity index is 2.61. The van der Waals surface area contributed by atoms with Crippen molar-refractivity contribution in [2.75, 3.05) is 13.2 Å². The van der Waals surface area contributed by atoms with E-state index in [4.69, 9.17) is 5.11 Å². The fraction of sp³-hybridized carbons (Fsp3) is 0.867. The quantitative estimate of drug-likeness (QED) is 0.651. The topological polar surface area (TPSA) is 86.6 Å². The van der Waals surface area contributed by atoms with Gasteiger partial charge < -0.3 is 15.5 Å². The lowest BCUT2D eigenvalue weighted by Crippen LogP contribution is -2.41. The van der Waals surface area contributed by atoms with E-state index in [1.807, 2.05) is 13.8 Å². The molecule has 0 aromatic rings. The van der Waals surface area contributed by atoms with Crippen molar-refractivity contribution in [2.45, 2.75) is 58.8 Å². The van der Waals surface area contributed by atoms with Gasteiger partial charge in [-0.2, -0.15) is 0 Å². The average Bonchev–Trinajstić information content (AvgIpc) is 2.63. The summed E-state index contributed by atoms with van der Waals surface area (Å²) >= 11 is 0. The minimum Gasteiger partial charge on any atom is -0.481 e. The lowest BCUT2D eigenvalue weighted by atomic mass is 9.77. The molecule has 0 unspecified atom stereocenters. The van der Waals surface area contributed by atoms with E-state index in [9.17, 15) is 14.7 Å². The lowest BCUT2D eigenvalue weighted by molar-refractivity contribution is -0.153. The zero-order valence-electron chi connectivity index (χ0n) is 12.6. The van der Waals surface area contributed by atoms with Crippen LogP contribution in [0.2, 0.25) is 0 Å².